The van der Waals surface area contributed by atoms with Gasteiger partial charge in [0.15, 0.2) is 5.96 Å². The van der Waals surface area contributed by atoms with Crippen molar-refractivity contribution in [2.24, 2.45) is 10.9 Å². The first-order chi connectivity index (χ1) is 8.65. The maximum absolute atomic E-state index is 4.22. The summed E-state index contributed by atoms with van der Waals surface area (Å²) in [5, 5.41) is 10.9. The van der Waals surface area contributed by atoms with Crippen molar-refractivity contribution >= 4 is 5.96 Å². The van der Waals surface area contributed by atoms with Crippen LogP contribution < -0.4 is 10.6 Å². The molecule has 0 bridgehead atoms. The van der Waals surface area contributed by atoms with Crippen molar-refractivity contribution in [1.82, 2.24) is 20.4 Å². The van der Waals surface area contributed by atoms with Gasteiger partial charge in [-0.05, 0) is 25.3 Å². The monoisotopic (exact) mass is 251 g/mol. The van der Waals surface area contributed by atoms with E-state index in [1.165, 1.54) is 0 Å². The maximum atomic E-state index is 4.22. The molecule has 5 heteroatoms. The lowest BCUT2D eigenvalue weighted by molar-refractivity contribution is 0.442. The highest BCUT2D eigenvalue weighted by Gasteiger charge is 2.06. The molecule has 1 aromatic rings. The highest BCUT2D eigenvalue weighted by atomic mass is 15.3. The average Bonchev–Trinajstić information content (AvgIpc) is 2.86. The molecule has 2 atom stereocenters. The second kappa shape index (κ2) is 7.74. The van der Waals surface area contributed by atoms with Crippen LogP contribution in [-0.4, -0.2) is 35.4 Å². The molecule has 0 saturated carbocycles. The molecule has 1 aromatic heterocycles. The number of guanidine groups is 1. The summed E-state index contributed by atoms with van der Waals surface area (Å²) in [7, 11) is 1.80. The van der Waals surface area contributed by atoms with Crippen molar-refractivity contribution in [2.75, 3.05) is 13.6 Å². The molecular weight excluding hydrogens is 226 g/mol. The van der Waals surface area contributed by atoms with Gasteiger partial charge in [0, 0.05) is 38.6 Å². The van der Waals surface area contributed by atoms with E-state index in [0.717, 1.165) is 25.5 Å². The Balaban J connectivity index is 2.29. The van der Waals surface area contributed by atoms with Crippen LogP contribution in [0.1, 0.15) is 27.2 Å². The molecule has 18 heavy (non-hydrogen) atoms. The standard InChI is InChI=1S/C13H25N5/c1-5-12(3)17-13(14-4)15-9-11(2)10-18-8-6-7-16-18/h6-8,11-12H,5,9-10H2,1-4H3,(H2,14,15,17). The van der Waals surface area contributed by atoms with Crippen LogP contribution in [0.15, 0.2) is 23.5 Å². The number of rotatable bonds is 6. The van der Waals surface area contributed by atoms with E-state index in [4.69, 9.17) is 0 Å². The van der Waals surface area contributed by atoms with Gasteiger partial charge in [-0.3, -0.25) is 9.67 Å². The van der Waals surface area contributed by atoms with Crippen molar-refractivity contribution in [2.45, 2.75) is 39.8 Å². The van der Waals surface area contributed by atoms with Gasteiger partial charge >= 0.3 is 0 Å². The van der Waals surface area contributed by atoms with E-state index >= 15 is 0 Å². The molecule has 1 rings (SSSR count). The van der Waals surface area contributed by atoms with Gasteiger partial charge in [0.1, 0.15) is 0 Å². The lowest BCUT2D eigenvalue weighted by atomic mass is 10.2. The van der Waals surface area contributed by atoms with Crippen molar-refractivity contribution in [3.05, 3.63) is 18.5 Å². The van der Waals surface area contributed by atoms with E-state index in [2.05, 4.69) is 41.5 Å². The molecule has 0 aliphatic carbocycles. The number of aromatic nitrogens is 2. The highest BCUT2D eigenvalue weighted by molar-refractivity contribution is 5.79. The SMILES string of the molecule is CCC(C)NC(=NC)NCC(C)Cn1cccn1. The molecule has 0 spiro atoms. The quantitative estimate of drug-likeness (QED) is 0.595. The van der Waals surface area contributed by atoms with E-state index in [1.54, 1.807) is 7.05 Å². The molecular formula is C13H25N5. The van der Waals surface area contributed by atoms with Gasteiger partial charge in [-0.15, -0.1) is 0 Å². The average molecular weight is 251 g/mol. The number of hydrogen-bond donors (Lipinski definition) is 2. The Morgan fingerprint density at radius 2 is 2.22 bits per heavy atom. The van der Waals surface area contributed by atoms with E-state index < -0.39 is 0 Å². The zero-order valence-corrected chi connectivity index (χ0v) is 11.8. The maximum Gasteiger partial charge on any atom is 0.191 e. The molecule has 2 N–H and O–H groups in total. The Morgan fingerprint density at radius 3 is 2.78 bits per heavy atom. The topological polar surface area (TPSA) is 54.2 Å². The van der Waals surface area contributed by atoms with Crippen molar-refractivity contribution < 1.29 is 0 Å². The van der Waals surface area contributed by atoms with E-state index in [9.17, 15) is 0 Å². The molecule has 0 aliphatic rings. The Morgan fingerprint density at radius 1 is 1.44 bits per heavy atom. The molecule has 102 valence electrons. The minimum Gasteiger partial charge on any atom is -0.356 e. The van der Waals surface area contributed by atoms with Crippen LogP contribution in [0.3, 0.4) is 0 Å². The molecule has 5 nitrogen and oxygen atoms in total. The predicted molar refractivity (Wildman–Crippen MR) is 75.6 cm³/mol. The summed E-state index contributed by atoms with van der Waals surface area (Å²) in [6, 6.07) is 2.39. The summed E-state index contributed by atoms with van der Waals surface area (Å²) in [4.78, 5) is 4.22. The van der Waals surface area contributed by atoms with E-state index in [1.807, 2.05) is 23.1 Å². The van der Waals surface area contributed by atoms with Gasteiger partial charge in [-0.2, -0.15) is 5.10 Å². The van der Waals surface area contributed by atoms with Gasteiger partial charge < -0.3 is 10.6 Å². The lowest BCUT2D eigenvalue weighted by Gasteiger charge is -2.19. The summed E-state index contributed by atoms with van der Waals surface area (Å²) < 4.78 is 1.96. The molecule has 0 saturated heterocycles. The van der Waals surface area contributed by atoms with Gasteiger partial charge in [0.25, 0.3) is 0 Å². The van der Waals surface area contributed by atoms with Crippen LogP contribution >= 0.6 is 0 Å². The molecule has 1 heterocycles. The second-order valence-corrected chi connectivity index (χ2v) is 4.74. The first-order valence-corrected chi connectivity index (χ1v) is 6.60. The fourth-order valence-electron chi connectivity index (χ4n) is 1.59. The van der Waals surface area contributed by atoms with Gasteiger partial charge in [-0.25, -0.2) is 0 Å². The Labute approximate surface area is 110 Å². The zero-order valence-electron chi connectivity index (χ0n) is 11.8. The summed E-state index contributed by atoms with van der Waals surface area (Å²) in [5.74, 6) is 1.37. The van der Waals surface area contributed by atoms with Crippen molar-refractivity contribution in [1.29, 1.82) is 0 Å². The molecule has 0 radical (unpaired) electrons. The van der Waals surface area contributed by atoms with Gasteiger partial charge in [0.05, 0.1) is 0 Å². The Hall–Kier alpha value is -1.52. The minimum atomic E-state index is 0.442. The summed E-state index contributed by atoms with van der Waals surface area (Å²) in [6.07, 6.45) is 4.88. The third-order valence-electron chi connectivity index (χ3n) is 2.89. The fraction of sp³-hybridized carbons (Fsp3) is 0.692. The lowest BCUT2D eigenvalue weighted by Crippen LogP contribution is -2.43. The number of nitrogens with zero attached hydrogens (tertiary/aromatic N) is 3. The third kappa shape index (κ3) is 5.21. The van der Waals surface area contributed by atoms with Gasteiger partial charge in [0.2, 0.25) is 0 Å². The fourth-order valence-corrected chi connectivity index (χ4v) is 1.59. The van der Waals surface area contributed by atoms with Crippen LogP contribution in [0.5, 0.6) is 0 Å². The van der Waals surface area contributed by atoms with E-state index in [-0.39, 0.29) is 0 Å². The number of nitrogens with one attached hydrogen (secondary N) is 2. The van der Waals surface area contributed by atoms with Crippen molar-refractivity contribution in [3.8, 4) is 0 Å². The molecule has 0 fully saturated rings. The van der Waals surface area contributed by atoms with Crippen molar-refractivity contribution in [3.63, 3.8) is 0 Å². The summed E-state index contributed by atoms with van der Waals surface area (Å²) >= 11 is 0. The number of aliphatic imine (C=N–C) groups is 1. The van der Waals surface area contributed by atoms with E-state index in [0.29, 0.717) is 12.0 Å². The first kappa shape index (κ1) is 14.5. The molecule has 0 amide bonds. The number of hydrogen-bond acceptors (Lipinski definition) is 2. The van der Waals surface area contributed by atoms with Crippen LogP contribution in [-0.2, 0) is 6.54 Å². The van der Waals surface area contributed by atoms with Crippen LogP contribution in [0.2, 0.25) is 0 Å². The predicted octanol–water partition coefficient (Wildman–Crippen LogP) is 1.48. The Kier molecular flexibility index (Phi) is 6.25. The smallest absolute Gasteiger partial charge is 0.191 e. The summed E-state index contributed by atoms with van der Waals surface area (Å²) in [5.41, 5.74) is 0. The third-order valence-corrected chi connectivity index (χ3v) is 2.89. The first-order valence-electron chi connectivity index (χ1n) is 6.60. The molecule has 2 unspecified atom stereocenters. The Bertz CT molecular complexity index is 344. The molecule has 0 aromatic carbocycles. The second-order valence-electron chi connectivity index (χ2n) is 4.74. The minimum absolute atomic E-state index is 0.442. The van der Waals surface area contributed by atoms with Crippen LogP contribution in [0.25, 0.3) is 0 Å². The van der Waals surface area contributed by atoms with Gasteiger partial charge in [-0.1, -0.05) is 13.8 Å². The zero-order chi connectivity index (χ0) is 13.4. The molecule has 0 aliphatic heterocycles. The highest BCUT2D eigenvalue weighted by Crippen LogP contribution is 1.98. The van der Waals surface area contributed by atoms with Crippen LogP contribution in [0, 0.1) is 5.92 Å². The van der Waals surface area contributed by atoms with Crippen LogP contribution in [0.4, 0.5) is 0 Å². The largest absolute Gasteiger partial charge is 0.356 e. The normalized spacial score (nSPS) is 15.2. The summed E-state index contributed by atoms with van der Waals surface area (Å²) in [6.45, 7) is 8.31.